The quantitative estimate of drug-likeness (QED) is 0.863. The zero-order valence-corrected chi connectivity index (χ0v) is 13.6. The molecule has 0 saturated carbocycles. The van der Waals surface area contributed by atoms with E-state index in [1.807, 2.05) is 6.92 Å². The van der Waals surface area contributed by atoms with Gasteiger partial charge in [-0.25, -0.2) is 9.78 Å². The van der Waals surface area contributed by atoms with Crippen LogP contribution in [0.25, 0.3) is 0 Å². The first-order valence-electron chi connectivity index (χ1n) is 7.23. The lowest BCUT2D eigenvalue weighted by Crippen LogP contribution is -2.39. The number of hydrogen-bond acceptors (Lipinski definition) is 4. The molecule has 0 aromatic carbocycles. The van der Waals surface area contributed by atoms with Crippen molar-refractivity contribution in [1.82, 2.24) is 20.1 Å². The molecule has 0 unspecified atom stereocenters. The van der Waals surface area contributed by atoms with Crippen LogP contribution < -0.4 is 5.32 Å². The average molecular weight is 310 g/mol. The monoisotopic (exact) mass is 310 g/mol. The molecule has 1 aromatic rings. The second-order valence-corrected chi connectivity index (χ2v) is 6.44. The minimum Gasteiger partial charge on any atom is -0.350 e. The first-order valence-corrected chi connectivity index (χ1v) is 8.04. The highest BCUT2D eigenvalue weighted by Gasteiger charge is 2.26. The lowest BCUT2D eigenvalue weighted by Gasteiger charge is -2.15. The number of carbonyl (C=O) groups excluding carboxylic acids is 2. The topological polar surface area (TPSA) is 65.5 Å². The summed E-state index contributed by atoms with van der Waals surface area (Å²) in [5.41, 5.74) is 0.987. The van der Waals surface area contributed by atoms with Crippen LogP contribution in [0.15, 0.2) is 0 Å². The van der Waals surface area contributed by atoms with E-state index in [2.05, 4.69) is 17.2 Å². The predicted molar refractivity (Wildman–Crippen MR) is 82.3 cm³/mol. The van der Waals surface area contributed by atoms with Gasteiger partial charge in [-0.2, -0.15) is 0 Å². The van der Waals surface area contributed by atoms with Gasteiger partial charge in [-0.05, 0) is 19.8 Å². The first-order chi connectivity index (χ1) is 10.0. The molecule has 116 valence electrons. The van der Waals surface area contributed by atoms with Gasteiger partial charge >= 0.3 is 6.03 Å². The predicted octanol–water partition coefficient (Wildman–Crippen LogP) is 1.39. The Balaban J connectivity index is 1.82. The van der Waals surface area contributed by atoms with Crippen molar-refractivity contribution in [2.75, 3.05) is 26.7 Å². The van der Waals surface area contributed by atoms with Crippen LogP contribution in [-0.2, 0) is 17.8 Å². The maximum Gasteiger partial charge on any atom is 0.320 e. The highest BCUT2D eigenvalue weighted by Crippen LogP contribution is 2.19. The standard InChI is InChI=1S/C14H22N4O2S/c1-4-5-13-16-10(2)11(21-13)8-15-12(19)9-18-7-6-17(3)14(18)20/h4-9H2,1-3H3,(H,15,19). The fourth-order valence-electron chi connectivity index (χ4n) is 2.23. The molecule has 0 radical (unpaired) electrons. The molecule has 1 saturated heterocycles. The van der Waals surface area contributed by atoms with E-state index in [1.54, 1.807) is 28.2 Å². The molecule has 2 heterocycles. The second kappa shape index (κ2) is 6.89. The summed E-state index contributed by atoms with van der Waals surface area (Å²) in [6.07, 6.45) is 2.05. The van der Waals surface area contributed by atoms with E-state index in [9.17, 15) is 9.59 Å². The Kier molecular flexibility index (Phi) is 5.17. The maximum absolute atomic E-state index is 11.9. The molecule has 3 amide bonds. The first kappa shape index (κ1) is 15.8. The van der Waals surface area contributed by atoms with Crippen molar-refractivity contribution >= 4 is 23.3 Å². The van der Waals surface area contributed by atoms with Crippen molar-refractivity contribution < 1.29 is 9.59 Å². The van der Waals surface area contributed by atoms with Gasteiger partial charge in [0.25, 0.3) is 0 Å². The van der Waals surface area contributed by atoms with E-state index in [-0.39, 0.29) is 18.5 Å². The van der Waals surface area contributed by atoms with E-state index in [4.69, 9.17) is 0 Å². The lowest BCUT2D eigenvalue weighted by molar-refractivity contribution is -0.121. The molecule has 0 bridgehead atoms. The minimum atomic E-state index is -0.122. The number of hydrogen-bond donors (Lipinski definition) is 1. The summed E-state index contributed by atoms with van der Waals surface area (Å²) >= 11 is 1.66. The number of amides is 3. The fraction of sp³-hybridized carbons (Fsp3) is 0.643. The molecule has 0 spiro atoms. The molecule has 1 N–H and O–H groups in total. The fourth-order valence-corrected chi connectivity index (χ4v) is 3.34. The van der Waals surface area contributed by atoms with Crippen LogP contribution in [0.2, 0.25) is 0 Å². The van der Waals surface area contributed by atoms with Crippen LogP contribution >= 0.6 is 11.3 Å². The molecule has 0 atom stereocenters. The molecule has 7 heteroatoms. The van der Waals surface area contributed by atoms with Gasteiger partial charge in [0.2, 0.25) is 5.91 Å². The van der Waals surface area contributed by atoms with Gasteiger partial charge in [-0.15, -0.1) is 11.3 Å². The van der Waals surface area contributed by atoms with E-state index in [0.29, 0.717) is 19.6 Å². The van der Waals surface area contributed by atoms with Gasteiger partial charge in [0.1, 0.15) is 6.54 Å². The molecular weight excluding hydrogens is 288 g/mol. The third-order valence-corrected chi connectivity index (χ3v) is 4.70. The zero-order chi connectivity index (χ0) is 15.4. The summed E-state index contributed by atoms with van der Waals surface area (Å²) in [7, 11) is 1.75. The number of nitrogens with zero attached hydrogens (tertiary/aromatic N) is 3. The third-order valence-electron chi connectivity index (χ3n) is 3.48. The SMILES string of the molecule is CCCc1nc(C)c(CNC(=O)CN2CCN(C)C2=O)s1. The third kappa shape index (κ3) is 3.93. The second-order valence-electron chi connectivity index (χ2n) is 5.27. The Bertz CT molecular complexity index is 529. The molecule has 0 aliphatic carbocycles. The Hall–Kier alpha value is -1.63. The molecule has 6 nitrogen and oxygen atoms in total. The molecule has 1 aromatic heterocycles. The molecule has 2 rings (SSSR count). The molecule has 21 heavy (non-hydrogen) atoms. The lowest BCUT2D eigenvalue weighted by atomic mass is 10.3. The molecule has 1 fully saturated rings. The van der Waals surface area contributed by atoms with Gasteiger partial charge in [0.05, 0.1) is 17.2 Å². The van der Waals surface area contributed by atoms with Crippen LogP contribution in [0.5, 0.6) is 0 Å². The summed E-state index contributed by atoms with van der Waals surface area (Å²) in [6, 6.07) is -0.0793. The van der Waals surface area contributed by atoms with Crippen molar-refractivity contribution in [3.05, 3.63) is 15.6 Å². The molecule has 1 aliphatic rings. The highest BCUT2D eigenvalue weighted by molar-refractivity contribution is 7.11. The van der Waals surface area contributed by atoms with Crippen LogP contribution in [0.1, 0.15) is 28.9 Å². The van der Waals surface area contributed by atoms with Crippen molar-refractivity contribution in [3.63, 3.8) is 0 Å². The van der Waals surface area contributed by atoms with Gasteiger partial charge < -0.3 is 15.1 Å². The van der Waals surface area contributed by atoms with Gasteiger partial charge in [0, 0.05) is 25.0 Å². The number of aryl methyl sites for hydroxylation is 2. The minimum absolute atomic E-state index is 0.0793. The number of carbonyl (C=O) groups is 2. The van der Waals surface area contributed by atoms with Crippen molar-refractivity contribution in [2.24, 2.45) is 0 Å². The highest BCUT2D eigenvalue weighted by atomic mass is 32.1. The van der Waals surface area contributed by atoms with E-state index >= 15 is 0 Å². The van der Waals surface area contributed by atoms with Crippen molar-refractivity contribution in [2.45, 2.75) is 33.2 Å². The van der Waals surface area contributed by atoms with Crippen LogP contribution in [-0.4, -0.2) is 53.4 Å². The van der Waals surface area contributed by atoms with E-state index in [1.165, 1.54) is 0 Å². The number of urea groups is 1. The molecular formula is C14H22N4O2S. The summed E-state index contributed by atoms with van der Waals surface area (Å²) < 4.78 is 0. The average Bonchev–Trinajstić information content (AvgIpc) is 2.94. The molecule has 1 aliphatic heterocycles. The van der Waals surface area contributed by atoms with Crippen molar-refractivity contribution in [1.29, 1.82) is 0 Å². The van der Waals surface area contributed by atoms with Crippen LogP contribution in [0.3, 0.4) is 0 Å². The Morgan fingerprint density at radius 2 is 2.19 bits per heavy atom. The maximum atomic E-state index is 11.9. The normalized spacial score (nSPS) is 14.9. The van der Waals surface area contributed by atoms with Gasteiger partial charge in [-0.3, -0.25) is 4.79 Å². The smallest absolute Gasteiger partial charge is 0.320 e. The summed E-state index contributed by atoms with van der Waals surface area (Å²) in [4.78, 5) is 32.4. The summed E-state index contributed by atoms with van der Waals surface area (Å²) in [6.45, 7) is 6.01. The largest absolute Gasteiger partial charge is 0.350 e. The summed E-state index contributed by atoms with van der Waals surface area (Å²) in [5, 5.41) is 4.00. The Labute approximate surface area is 129 Å². The number of thiazole rings is 1. The summed E-state index contributed by atoms with van der Waals surface area (Å²) in [5.74, 6) is -0.122. The number of aromatic nitrogens is 1. The number of rotatable bonds is 6. The van der Waals surface area contributed by atoms with Crippen molar-refractivity contribution in [3.8, 4) is 0 Å². The van der Waals surface area contributed by atoms with Crippen LogP contribution in [0.4, 0.5) is 4.79 Å². The van der Waals surface area contributed by atoms with Crippen LogP contribution in [0, 0.1) is 6.92 Å². The van der Waals surface area contributed by atoms with E-state index < -0.39 is 0 Å². The number of nitrogens with one attached hydrogen (secondary N) is 1. The van der Waals surface area contributed by atoms with E-state index in [0.717, 1.165) is 28.4 Å². The Morgan fingerprint density at radius 1 is 1.43 bits per heavy atom. The van der Waals surface area contributed by atoms with Gasteiger partial charge in [0.15, 0.2) is 0 Å². The Morgan fingerprint density at radius 3 is 2.81 bits per heavy atom. The number of likely N-dealkylation sites (N-methyl/N-ethyl adjacent to an activating group) is 1. The zero-order valence-electron chi connectivity index (χ0n) is 12.8. The van der Waals surface area contributed by atoms with Gasteiger partial charge in [-0.1, -0.05) is 6.92 Å².